The molecule has 0 spiro atoms. The van der Waals surface area contributed by atoms with Crippen molar-refractivity contribution in [2.75, 3.05) is 12.1 Å². The van der Waals surface area contributed by atoms with E-state index in [-0.39, 0.29) is 5.91 Å². The molecule has 30 heavy (non-hydrogen) atoms. The Morgan fingerprint density at radius 1 is 1.17 bits per heavy atom. The van der Waals surface area contributed by atoms with Crippen LogP contribution in [0.2, 0.25) is 10.0 Å². The van der Waals surface area contributed by atoms with Crippen LogP contribution in [0.15, 0.2) is 63.2 Å². The van der Waals surface area contributed by atoms with Crippen molar-refractivity contribution in [3.63, 3.8) is 0 Å². The lowest BCUT2D eigenvalue weighted by molar-refractivity contribution is -0.117. The normalized spacial score (nSPS) is 16.4. The molecule has 152 valence electrons. The number of nitrogens with zero attached hydrogens (tertiary/aromatic N) is 5. The predicted octanol–water partition coefficient (Wildman–Crippen LogP) is 6.00. The maximum absolute atomic E-state index is 12.9. The highest BCUT2D eigenvalue weighted by atomic mass is 35.5. The number of carbonyl (C=O) groups excluding carboxylic acids is 1. The smallest absolute Gasteiger partial charge is 0.282 e. The van der Waals surface area contributed by atoms with Crippen molar-refractivity contribution >= 4 is 57.0 Å². The number of hydrazone groups is 1. The van der Waals surface area contributed by atoms with Crippen LogP contribution in [0.25, 0.3) is 11.3 Å². The summed E-state index contributed by atoms with van der Waals surface area (Å²) in [7, 11) is 1.61. The Bertz CT molecular complexity index is 1160. The lowest BCUT2D eigenvalue weighted by Crippen LogP contribution is -2.29. The van der Waals surface area contributed by atoms with Crippen LogP contribution in [0.4, 0.5) is 10.8 Å². The van der Waals surface area contributed by atoms with Crippen LogP contribution < -0.4 is 9.75 Å². The van der Waals surface area contributed by atoms with E-state index >= 15 is 0 Å². The fraction of sp³-hybridized carbons (Fsp3) is 0.150. The van der Waals surface area contributed by atoms with Crippen LogP contribution in [0.5, 0.6) is 5.75 Å². The summed E-state index contributed by atoms with van der Waals surface area (Å²) in [6.45, 7) is 1.72. The van der Waals surface area contributed by atoms with Gasteiger partial charge in [0.25, 0.3) is 5.91 Å². The summed E-state index contributed by atoms with van der Waals surface area (Å²) in [5.41, 5.74) is 2.56. The molecule has 1 aliphatic heterocycles. The first-order valence-electron chi connectivity index (χ1n) is 8.81. The van der Waals surface area contributed by atoms with Crippen molar-refractivity contribution in [2.24, 2.45) is 15.3 Å². The number of rotatable bonds is 5. The number of halogens is 2. The third-order valence-electron chi connectivity index (χ3n) is 4.34. The molecule has 0 radical (unpaired) electrons. The van der Waals surface area contributed by atoms with E-state index in [0.717, 1.165) is 17.0 Å². The molecule has 1 aliphatic rings. The molecule has 3 aromatic rings. The Morgan fingerprint density at radius 3 is 2.67 bits per heavy atom. The monoisotopic (exact) mass is 459 g/mol. The molecule has 1 unspecified atom stereocenters. The number of carbonyl (C=O) groups is 1. The maximum atomic E-state index is 12.9. The average molecular weight is 460 g/mol. The number of anilines is 1. The first-order chi connectivity index (χ1) is 14.5. The number of amides is 1. The first-order valence-corrected chi connectivity index (χ1v) is 10.4. The quantitative estimate of drug-likeness (QED) is 0.438. The Balaban J connectivity index is 1.54. The summed E-state index contributed by atoms with van der Waals surface area (Å²) in [5.74, 6) is 0.433. The SMILES string of the molecule is COc1ccc(-c2csc(N3N=C(C)C(N=Nc4cc(Cl)ccc4Cl)C3=O)n2)cc1. The molecule has 1 amide bonds. The second-order valence-corrected chi connectivity index (χ2v) is 8.03. The Kier molecular flexibility index (Phi) is 5.80. The summed E-state index contributed by atoms with van der Waals surface area (Å²) in [6, 6.07) is 11.5. The molecule has 0 bridgehead atoms. The number of methoxy groups -OCH3 is 1. The molecule has 0 fully saturated rings. The van der Waals surface area contributed by atoms with E-state index in [1.54, 1.807) is 32.2 Å². The van der Waals surface area contributed by atoms with Gasteiger partial charge < -0.3 is 4.74 Å². The van der Waals surface area contributed by atoms with Gasteiger partial charge in [0.05, 0.1) is 23.5 Å². The van der Waals surface area contributed by atoms with Gasteiger partial charge in [0.1, 0.15) is 11.4 Å². The van der Waals surface area contributed by atoms with E-state index in [1.807, 2.05) is 29.6 Å². The van der Waals surface area contributed by atoms with Crippen molar-refractivity contribution in [2.45, 2.75) is 13.0 Å². The maximum Gasteiger partial charge on any atom is 0.282 e. The number of benzene rings is 2. The molecular formula is C20H15Cl2N5O2S. The second kappa shape index (κ2) is 8.51. The van der Waals surface area contributed by atoms with Crippen molar-refractivity contribution < 1.29 is 9.53 Å². The molecule has 1 atom stereocenters. The topological polar surface area (TPSA) is 79.5 Å². The molecule has 10 heteroatoms. The van der Waals surface area contributed by atoms with Crippen LogP contribution in [0, 0.1) is 0 Å². The molecule has 0 saturated heterocycles. The standard InChI is InChI=1S/C20H15Cl2N5O2S/c1-11-18(25-24-16-9-13(21)5-8-15(16)22)19(28)27(26-11)20-23-17(10-30-20)12-3-6-14(29-2)7-4-12/h3-10,18H,1-2H3. The van der Waals surface area contributed by atoms with Gasteiger partial charge in [-0.25, -0.2) is 4.98 Å². The molecule has 4 rings (SSSR count). The molecule has 2 heterocycles. The average Bonchev–Trinajstić information content (AvgIpc) is 3.34. The van der Waals surface area contributed by atoms with E-state index in [1.165, 1.54) is 16.3 Å². The summed E-state index contributed by atoms with van der Waals surface area (Å²) in [5, 5.41) is 17.0. The fourth-order valence-electron chi connectivity index (χ4n) is 2.76. The minimum Gasteiger partial charge on any atom is -0.497 e. The molecule has 0 saturated carbocycles. The van der Waals surface area contributed by atoms with Gasteiger partial charge in [-0.3, -0.25) is 4.79 Å². The van der Waals surface area contributed by atoms with Crippen LogP contribution in [0.3, 0.4) is 0 Å². The second-order valence-electron chi connectivity index (χ2n) is 6.35. The minimum atomic E-state index is -0.839. The number of hydrogen-bond donors (Lipinski definition) is 0. The van der Waals surface area contributed by atoms with Crippen molar-refractivity contribution in [1.29, 1.82) is 0 Å². The minimum absolute atomic E-state index is 0.329. The van der Waals surface area contributed by atoms with Gasteiger partial charge in [0, 0.05) is 16.0 Å². The Hall–Kier alpha value is -2.81. The highest BCUT2D eigenvalue weighted by molar-refractivity contribution is 7.14. The van der Waals surface area contributed by atoms with E-state index in [4.69, 9.17) is 27.9 Å². The van der Waals surface area contributed by atoms with Gasteiger partial charge >= 0.3 is 0 Å². The lowest BCUT2D eigenvalue weighted by Gasteiger charge is -2.08. The molecule has 0 N–H and O–H groups in total. The van der Waals surface area contributed by atoms with Gasteiger partial charge in [0.15, 0.2) is 6.04 Å². The lowest BCUT2D eigenvalue weighted by atomic mass is 10.2. The number of thiazole rings is 1. The van der Waals surface area contributed by atoms with Gasteiger partial charge in [-0.05, 0) is 49.4 Å². The highest BCUT2D eigenvalue weighted by Crippen LogP contribution is 2.32. The third kappa shape index (κ3) is 4.07. The third-order valence-corrected chi connectivity index (χ3v) is 5.72. The zero-order valence-electron chi connectivity index (χ0n) is 15.9. The molecule has 0 aliphatic carbocycles. The summed E-state index contributed by atoms with van der Waals surface area (Å²) in [4.78, 5) is 17.4. The molecule has 7 nitrogen and oxygen atoms in total. The fourth-order valence-corrected chi connectivity index (χ4v) is 3.87. The Labute approximate surface area is 186 Å². The first kappa shape index (κ1) is 20.5. The van der Waals surface area contributed by atoms with Crippen LogP contribution >= 0.6 is 34.5 Å². The number of azo groups is 1. The van der Waals surface area contributed by atoms with E-state index in [9.17, 15) is 4.79 Å². The summed E-state index contributed by atoms with van der Waals surface area (Å²) >= 11 is 13.4. The molecule has 1 aromatic heterocycles. The number of aromatic nitrogens is 1. The van der Waals surface area contributed by atoms with Gasteiger partial charge in [-0.1, -0.05) is 23.2 Å². The summed E-state index contributed by atoms with van der Waals surface area (Å²) in [6.07, 6.45) is 0. The van der Waals surface area contributed by atoms with Gasteiger partial charge in [-0.15, -0.1) is 11.3 Å². The zero-order valence-corrected chi connectivity index (χ0v) is 18.2. The van der Waals surface area contributed by atoms with Crippen molar-refractivity contribution in [1.82, 2.24) is 4.98 Å². The Morgan fingerprint density at radius 2 is 1.93 bits per heavy atom. The predicted molar refractivity (Wildman–Crippen MR) is 119 cm³/mol. The van der Waals surface area contributed by atoms with Crippen LogP contribution in [0.1, 0.15) is 6.92 Å². The van der Waals surface area contributed by atoms with Crippen LogP contribution in [-0.2, 0) is 4.79 Å². The highest BCUT2D eigenvalue weighted by Gasteiger charge is 2.36. The number of hydrogen-bond acceptors (Lipinski definition) is 7. The van der Waals surface area contributed by atoms with Crippen LogP contribution in [-0.4, -0.2) is 29.8 Å². The van der Waals surface area contributed by atoms with E-state index in [0.29, 0.717) is 26.6 Å². The van der Waals surface area contributed by atoms with E-state index < -0.39 is 6.04 Å². The van der Waals surface area contributed by atoms with Gasteiger partial charge in [0.2, 0.25) is 5.13 Å². The van der Waals surface area contributed by atoms with Crippen molar-refractivity contribution in [3.05, 3.63) is 57.9 Å². The zero-order chi connectivity index (χ0) is 21.3. The summed E-state index contributed by atoms with van der Waals surface area (Å²) < 4.78 is 5.17. The molecular weight excluding hydrogens is 445 g/mol. The van der Waals surface area contributed by atoms with E-state index in [2.05, 4.69) is 20.3 Å². The van der Waals surface area contributed by atoms with Crippen molar-refractivity contribution in [3.8, 4) is 17.0 Å². The van der Waals surface area contributed by atoms with Gasteiger partial charge in [-0.2, -0.15) is 20.3 Å². The molecule has 2 aromatic carbocycles. The largest absolute Gasteiger partial charge is 0.497 e. The number of ether oxygens (including phenoxy) is 1.